The zero-order chi connectivity index (χ0) is 20.5. The number of aromatic amines is 1. The minimum atomic E-state index is 0.0194. The molecule has 1 N–H and O–H groups in total. The van der Waals surface area contributed by atoms with E-state index in [0.717, 1.165) is 35.3 Å². The number of aromatic nitrogens is 6. The zero-order valence-electron chi connectivity index (χ0n) is 16.8. The number of tetrazole rings is 1. The van der Waals surface area contributed by atoms with Crippen molar-refractivity contribution in [3.8, 4) is 11.4 Å². The third-order valence-corrected chi connectivity index (χ3v) is 5.68. The molecule has 1 amide bonds. The van der Waals surface area contributed by atoms with Crippen molar-refractivity contribution in [2.45, 2.75) is 32.2 Å². The second-order valence-electron chi connectivity index (χ2n) is 7.80. The van der Waals surface area contributed by atoms with E-state index < -0.39 is 0 Å². The van der Waals surface area contributed by atoms with E-state index >= 15 is 0 Å². The fourth-order valence-electron chi connectivity index (χ4n) is 3.92. The summed E-state index contributed by atoms with van der Waals surface area (Å²) in [5.41, 5.74) is 4.12. The molecule has 0 radical (unpaired) electrons. The van der Waals surface area contributed by atoms with Gasteiger partial charge in [-0.15, -0.1) is 10.2 Å². The summed E-state index contributed by atoms with van der Waals surface area (Å²) in [4.78, 5) is 24.1. The van der Waals surface area contributed by atoms with Crippen LogP contribution in [0.15, 0.2) is 48.5 Å². The lowest BCUT2D eigenvalue weighted by atomic mass is 9.96. The summed E-state index contributed by atoms with van der Waals surface area (Å²) in [6.45, 7) is 3.55. The van der Waals surface area contributed by atoms with E-state index in [0.29, 0.717) is 24.8 Å². The van der Waals surface area contributed by atoms with Crippen molar-refractivity contribution >= 4 is 16.9 Å². The lowest BCUT2D eigenvalue weighted by Gasteiger charge is -2.31. The van der Waals surface area contributed by atoms with Gasteiger partial charge in [-0.25, -0.2) is 4.98 Å². The number of imidazole rings is 1. The van der Waals surface area contributed by atoms with E-state index in [1.54, 1.807) is 0 Å². The second kappa shape index (κ2) is 7.70. The van der Waals surface area contributed by atoms with Gasteiger partial charge in [0, 0.05) is 24.6 Å². The van der Waals surface area contributed by atoms with Crippen LogP contribution in [0.4, 0.5) is 0 Å². The molecule has 152 valence electrons. The Hall–Kier alpha value is -3.55. The molecule has 0 unspecified atom stereocenters. The monoisotopic (exact) mass is 401 g/mol. The maximum Gasteiger partial charge on any atom is 0.246 e. The van der Waals surface area contributed by atoms with Gasteiger partial charge in [-0.1, -0.05) is 42.0 Å². The lowest BCUT2D eigenvalue weighted by molar-refractivity contribution is -0.133. The van der Waals surface area contributed by atoms with Gasteiger partial charge in [-0.05, 0) is 37.1 Å². The highest BCUT2D eigenvalue weighted by Gasteiger charge is 2.26. The van der Waals surface area contributed by atoms with Crippen molar-refractivity contribution < 1.29 is 4.79 Å². The third kappa shape index (κ3) is 3.68. The first-order chi connectivity index (χ1) is 14.7. The largest absolute Gasteiger partial charge is 0.342 e. The molecule has 0 spiro atoms. The van der Waals surface area contributed by atoms with Crippen LogP contribution in [-0.2, 0) is 11.3 Å². The number of fused-ring (bicyclic) bond motifs is 1. The van der Waals surface area contributed by atoms with E-state index in [4.69, 9.17) is 4.98 Å². The van der Waals surface area contributed by atoms with Crippen molar-refractivity contribution in [3.05, 3.63) is 59.9 Å². The van der Waals surface area contributed by atoms with Gasteiger partial charge in [0.05, 0.1) is 11.0 Å². The van der Waals surface area contributed by atoms with Crippen molar-refractivity contribution in [1.82, 2.24) is 35.1 Å². The van der Waals surface area contributed by atoms with E-state index in [9.17, 15) is 4.79 Å². The van der Waals surface area contributed by atoms with Crippen LogP contribution in [0.25, 0.3) is 22.4 Å². The number of amides is 1. The number of rotatable bonds is 4. The Labute approximate surface area is 173 Å². The molecule has 30 heavy (non-hydrogen) atoms. The minimum Gasteiger partial charge on any atom is -0.342 e. The average Bonchev–Trinajstić information content (AvgIpc) is 3.41. The fourth-order valence-corrected chi connectivity index (χ4v) is 3.92. The van der Waals surface area contributed by atoms with Gasteiger partial charge in [0.25, 0.3) is 0 Å². The van der Waals surface area contributed by atoms with Crippen molar-refractivity contribution in [2.75, 3.05) is 13.1 Å². The average molecular weight is 401 g/mol. The van der Waals surface area contributed by atoms with Crippen LogP contribution in [0.2, 0.25) is 0 Å². The molecule has 0 atom stereocenters. The molecule has 0 saturated carbocycles. The standard InChI is InChI=1S/C22H23N7O/c1-15-6-8-16(9-7-15)22-25-27-29(26-22)14-20(30)28-12-10-17(11-13-28)21-23-18-4-2-3-5-19(18)24-21/h2-9,17H,10-14H2,1H3,(H,23,24). The molecular weight excluding hydrogens is 378 g/mol. The summed E-state index contributed by atoms with van der Waals surface area (Å²) < 4.78 is 0. The highest BCUT2D eigenvalue weighted by atomic mass is 16.2. The van der Waals surface area contributed by atoms with E-state index in [2.05, 4.69) is 20.4 Å². The summed E-state index contributed by atoms with van der Waals surface area (Å²) in [5, 5.41) is 12.5. The van der Waals surface area contributed by atoms with Gasteiger partial charge >= 0.3 is 0 Å². The number of benzene rings is 2. The molecule has 3 heterocycles. The molecular formula is C22H23N7O. The lowest BCUT2D eigenvalue weighted by Crippen LogP contribution is -2.40. The summed E-state index contributed by atoms with van der Waals surface area (Å²) >= 11 is 0. The van der Waals surface area contributed by atoms with Gasteiger partial charge < -0.3 is 9.88 Å². The quantitative estimate of drug-likeness (QED) is 0.568. The molecule has 5 rings (SSSR count). The summed E-state index contributed by atoms with van der Waals surface area (Å²) in [7, 11) is 0. The van der Waals surface area contributed by atoms with Crippen molar-refractivity contribution in [2.24, 2.45) is 0 Å². The molecule has 2 aromatic heterocycles. The zero-order valence-corrected chi connectivity index (χ0v) is 16.8. The van der Waals surface area contributed by atoms with Gasteiger partial charge in [0.15, 0.2) is 0 Å². The number of likely N-dealkylation sites (tertiary alicyclic amines) is 1. The molecule has 1 aliphatic heterocycles. The Morgan fingerprint density at radius 2 is 1.87 bits per heavy atom. The third-order valence-electron chi connectivity index (χ3n) is 5.68. The number of hydrogen-bond acceptors (Lipinski definition) is 5. The SMILES string of the molecule is Cc1ccc(-c2nnn(CC(=O)N3CCC(c4nc5ccccc5[nH]4)CC3)n2)cc1. The number of carbonyl (C=O) groups excluding carboxylic acids is 1. The fraction of sp³-hybridized carbons (Fsp3) is 0.318. The van der Waals surface area contributed by atoms with Crippen LogP contribution in [0.5, 0.6) is 0 Å². The summed E-state index contributed by atoms with van der Waals surface area (Å²) in [6, 6.07) is 16.0. The van der Waals surface area contributed by atoms with Crippen LogP contribution in [-0.4, -0.2) is 54.1 Å². The van der Waals surface area contributed by atoms with E-state index in [1.165, 1.54) is 10.4 Å². The number of nitrogens with one attached hydrogen (secondary N) is 1. The highest BCUT2D eigenvalue weighted by Crippen LogP contribution is 2.27. The van der Waals surface area contributed by atoms with E-state index in [-0.39, 0.29) is 12.5 Å². The Morgan fingerprint density at radius 3 is 2.63 bits per heavy atom. The van der Waals surface area contributed by atoms with Crippen LogP contribution < -0.4 is 0 Å². The second-order valence-corrected chi connectivity index (χ2v) is 7.80. The number of H-pyrrole nitrogens is 1. The number of nitrogens with zero attached hydrogens (tertiary/aromatic N) is 6. The van der Waals surface area contributed by atoms with Crippen LogP contribution >= 0.6 is 0 Å². The normalized spacial score (nSPS) is 15.0. The van der Waals surface area contributed by atoms with Crippen molar-refractivity contribution in [1.29, 1.82) is 0 Å². The number of carbonyl (C=O) groups is 1. The van der Waals surface area contributed by atoms with Crippen LogP contribution in [0, 0.1) is 6.92 Å². The smallest absolute Gasteiger partial charge is 0.246 e. The molecule has 1 fully saturated rings. The number of para-hydroxylation sites is 2. The predicted molar refractivity (Wildman–Crippen MR) is 113 cm³/mol. The molecule has 0 aliphatic carbocycles. The predicted octanol–water partition coefficient (Wildman–Crippen LogP) is 2.93. The first-order valence-electron chi connectivity index (χ1n) is 10.2. The van der Waals surface area contributed by atoms with E-state index in [1.807, 2.05) is 60.4 Å². The minimum absolute atomic E-state index is 0.0194. The van der Waals surface area contributed by atoms with Crippen LogP contribution in [0.3, 0.4) is 0 Å². The summed E-state index contributed by atoms with van der Waals surface area (Å²) in [5.74, 6) is 1.92. The van der Waals surface area contributed by atoms with Crippen molar-refractivity contribution in [3.63, 3.8) is 0 Å². The summed E-state index contributed by atoms with van der Waals surface area (Å²) in [6.07, 6.45) is 1.79. The van der Waals surface area contributed by atoms with Crippen LogP contribution in [0.1, 0.15) is 30.1 Å². The molecule has 4 aromatic rings. The number of piperidine rings is 1. The maximum atomic E-state index is 12.7. The molecule has 1 saturated heterocycles. The Balaban J connectivity index is 1.19. The van der Waals surface area contributed by atoms with Gasteiger partial charge in [-0.2, -0.15) is 4.80 Å². The maximum absolute atomic E-state index is 12.7. The highest BCUT2D eigenvalue weighted by molar-refractivity contribution is 5.76. The number of hydrogen-bond donors (Lipinski definition) is 1. The molecule has 1 aliphatic rings. The topological polar surface area (TPSA) is 92.6 Å². The van der Waals surface area contributed by atoms with Gasteiger partial charge in [-0.3, -0.25) is 4.79 Å². The Kier molecular flexibility index (Phi) is 4.74. The molecule has 8 nitrogen and oxygen atoms in total. The van der Waals surface area contributed by atoms with Gasteiger partial charge in [0.1, 0.15) is 12.4 Å². The van der Waals surface area contributed by atoms with Gasteiger partial charge in [0.2, 0.25) is 11.7 Å². The first-order valence-corrected chi connectivity index (χ1v) is 10.2. The molecule has 0 bridgehead atoms. The first kappa shape index (κ1) is 18.5. The Bertz CT molecular complexity index is 1140. The number of aryl methyl sites for hydroxylation is 1. The molecule has 8 heteroatoms. The molecule has 2 aromatic carbocycles. The Morgan fingerprint density at radius 1 is 1.10 bits per heavy atom.